The van der Waals surface area contributed by atoms with Gasteiger partial charge in [-0.3, -0.25) is 9.69 Å². The summed E-state index contributed by atoms with van der Waals surface area (Å²) in [7, 11) is 0. The number of amides is 1. The molecule has 4 atom stereocenters. The summed E-state index contributed by atoms with van der Waals surface area (Å²) in [5, 5.41) is 2.95. The molecule has 0 aromatic heterocycles. The molecule has 0 aromatic carbocycles. The Balaban J connectivity index is 2.15. The van der Waals surface area contributed by atoms with E-state index in [1.807, 2.05) is 13.8 Å². The number of nitrogens with one attached hydrogen (secondary N) is 1. The van der Waals surface area contributed by atoms with Crippen molar-refractivity contribution in [2.45, 2.75) is 52.4 Å². The van der Waals surface area contributed by atoms with Crippen molar-refractivity contribution in [3.05, 3.63) is 0 Å². The van der Waals surface area contributed by atoms with Crippen molar-refractivity contribution < 1.29 is 9.53 Å². The van der Waals surface area contributed by atoms with Gasteiger partial charge in [-0.15, -0.1) is 0 Å². The lowest BCUT2D eigenvalue weighted by Crippen LogP contribution is -2.46. The molecule has 1 heterocycles. The minimum Gasteiger partial charge on any atom is -0.373 e. The van der Waals surface area contributed by atoms with Crippen LogP contribution in [0.25, 0.3) is 0 Å². The molecule has 1 saturated heterocycles. The van der Waals surface area contributed by atoms with E-state index in [-0.39, 0.29) is 17.9 Å². The number of carbonyl (C=O) groups is 1. The SMILES string of the molecule is CC1CN(CCCNC(=O)C(C)C(C)N)CC(C)O1. The Morgan fingerprint density at radius 1 is 1.37 bits per heavy atom. The molecule has 0 bridgehead atoms. The van der Waals surface area contributed by atoms with E-state index in [1.54, 1.807) is 0 Å². The molecule has 0 saturated carbocycles. The van der Waals surface area contributed by atoms with Crippen LogP contribution in [0.3, 0.4) is 0 Å². The molecule has 0 spiro atoms. The molecule has 1 rings (SSSR count). The first kappa shape index (κ1) is 16.4. The van der Waals surface area contributed by atoms with Crippen LogP contribution in [0.2, 0.25) is 0 Å². The average Bonchev–Trinajstić information content (AvgIpc) is 2.32. The topological polar surface area (TPSA) is 67.6 Å². The van der Waals surface area contributed by atoms with Crippen molar-refractivity contribution in [2.24, 2.45) is 11.7 Å². The minimum absolute atomic E-state index is 0.0544. The number of nitrogens with zero attached hydrogens (tertiary/aromatic N) is 1. The lowest BCUT2D eigenvalue weighted by molar-refractivity contribution is -0.125. The molecule has 1 amide bonds. The fourth-order valence-electron chi connectivity index (χ4n) is 2.38. The second-order valence-electron chi connectivity index (χ2n) is 5.81. The lowest BCUT2D eigenvalue weighted by Gasteiger charge is -2.35. The number of hydrogen-bond acceptors (Lipinski definition) is 4. The largest absolute Gasteiger partial charge is 0.373 e. The molecule has 1 aliphatic rings. The highest BCUT2D eigenvalue weighted by atomic mass is 16.5. The van der Waals surface area contributed by atoms with Crippen LogP contribution in [0, 0.1) is 5.92 Å². The highest BCUT2D eigenvalue weighted by Crippen LogP contribution is 2.10. The first-order valence-electron chi connectivity index (χ1n) is 7.31. The van der Waals surface area contributed by atoms with Crippen LogP contribution in [0.4, 0.5) is 0 Å². The van der Waals surface area contributed by atoms with Crippen LogP contribution < -0.4 is 11.1 Å². The molecular formula is C14H29N3O2. The Bertz CT molecular complexity index is 274. The van der Waals surface area contributed by atoms with Crippen LogP contribution >= 0.6 is 0 Å². The van der Waals surface area contributed by atoms with Gasteiger partial charge in [0.1, 0.15) is 0 Å². The summed E-state index contributed by atoms with van der Waals surface area (Å²) < 4.78 is 5.69. The minimum atomic E-state index is -0.122. The molecule has 5 nitrogen and oxygen atoms in total. The standard InChI is InChI=1S/C14H29N3O2/c1-10-8-17(9-11(2)19-10)7-5-6-16-14(18)12(3)13(4)15/h10-13H,5-9,15H2,1-4H3,(H,16,18). The highest BCUT2D eigenvalue weighted by molar-refractivity contribution is 5.78. The van der Waals surface area contributed by atoms with Gasteiger partial charge < -0.3 is 15.8 Å². The summed E-state index contributed by atoms with van der Waals surface area (Å²) in [5.74, 6) is -0.0675. The molecule has 1 fully saturated rings. The van der Waals surface area contributed by atoms with E-state index in [0.717, 1.165) is 32.6 Å². The quantitative estimate of drug-likeness (QED) is 0.694. The van der Waals surface area contributed by atoms with Crippen molar-refractivity contribution in [1.82, 2.24) is 10.2 Å². The number of carbonyl (C=O) groups excluding carboxylic acids is 1. The normalized spacial score (nSPS) is 27.8. The van der Waals surface area contributed by atoms with E-state index in [9.17, 15) is 4.79 Å². The number of nitrogens with two attached hydrogens (primary N) is 1. The Morgan fingerprint density at radius 3 is 2.47 bits per heavy atom. The monoisotopic (exact) mass is 271 g/mol. The molecule has 0 aromatic rings. The first-order valence-corrected chi connectivity index (χ1v) is 7.31. The zero-order valence-corrected chi connectivity index (χ0v) is 12.7. The van der Waals surface area contributed by atoms with Crippen molar-refractivity contribution in [3.8, 4) is 0 Å². The van der Waals surface area contributed by atoms with Gasteiger partial charge in [-0.25, -0.2) is 0 Å². The fourth-order valence-corrected chi connectivity index (χ4v) is 2.38. The summed E-state index contributed by atoms with van der Waals surface area (Å²) in [6, 6.07) is -0.0963. The Labute approximate surface area is 116 Å². The van der Waals surface area contributed by atoms with Crippen molar-refractivity contribution in [1.29, 1.82) is 0 Å². The van der Waals surface area contributed by atoms with Crippen LogP contribution in [-0.4, -0.2) is 55.2 Å². The summed E-state index contributed by atoms with van der Waals surface area (Å²) >= 11 is 0. The van der Waals surface area contributed by atoms with Crippen molar-refractivity contribution >= 4 is 5.91 Å². The maximum Gasteiger partial charge on any atom is 0.224 e. The zero-order valence-electron chi connectivity index (χ0n) is 12.7. The van der Waals surface area contributed by atoms with E-state index in [0.29, 0.717) is 12.2 Å². The summed E-state index contributed by atoms with van der Waals surface area (Å²) in [5.41, 5.74) is 5.71. The number of ether oxygens (including phenoxy) is 1. The second-order valence-corrected chi connectivity index (χ2v) is 5.81. The molecule has 19 heavy (non-hydrogen) atoms. The van der Waals surface area contributed by atoms with Gasteiger partial charge in [0.15, 0.2) is 0 Å². The number of hydrogen-bond donors (Lipinski definition) is 2. The van der Waals surface area contributed by atoms with Gasteiger partial charge in [-0.05, 0) is 27.2 Å². The van der Waals surface area contributed by atoms with E-state index < -0.39 is 0 Å². The maximum atomic E-state index is 11.7. The van der Waals surface area contributed by atoms with Gasteiger partial charge in [-0.2, -0.15) is 0 Å². The van der Waals surface area contributed by atoms with Crippen LogP contribution in [0.1, 0.15) is 34.1 Å². The zero-order chi connectivity index (χ0) is 14.4. The third kappa shape index (κ3) is 5.89. The Hall–Kier alpha value is -0.650. The molecule has 4 unspecified atom stereocenters. The molecule has 112 valence electrons. The van der Waals surface area contributed by atoms with Gasteiger partial charge in [0.2, 0.25) is 5.91 Å². The molecule has 1 aliphatic heterocycles. The van der Waals surface area contributed by atoms with E-state index in [2.05, 4.69) is 24.1 Å². The summed E-state index contributed by atoms with van der Waals surface area (Å²) in [6.45, 7) is 11.6. The predicted octanol–water partition coefficient (Wildman–Crippen LogP) is 0.585. The smallest absolute Gasteiger partial charge is 0.224 e. The molecule has 0 radical (unpaired) electrons. The second kappa shape index (κ2) is 7.82. The van der Waals surface area contributed by atoms with Crippen LogP contribution in [-0.2, 0) is 9.53 Å². The third-order valence-corrected chi connectivity index (χ3v) is 3.65. The highest BCUT2D eigenvalue weighted by Gasteiger charge is 2.21. The van der Waals surface area contributed by atoms with Gasteiger partial charge in [0.25, 0.3) is 0 Å². The molecule has 0 aliphatic carbocycles. The molecular weight excluding hydrogens is 242 g/mol. The number of morpholine rings is 1. The fraction of sp³-hybridized carbons (Fsp3) is 0.929. The molecule has 5 heteroatoms. The van der Waals surface area contributed by atoms with Gasteiger partial charge in [0, 0.05) is 38.1 Å². The molecule has 3 N–H and O–H groups in total. The maximum absolute atomic E-state index is 11.7. The Kier molecular flexibility index (Phi) is 6.75. The van der Waals surface area contributed by atoms with Crippen molar-refractivity contribution in [3.63, 3.8) is 0 Å². The lowest BCUT2D eigenvalue weighted by atomic mass is 10.0. The Morgan fingerprint density at radius 2 is 1.95 bits per heavy atom. The van der Waals surface area contributed by atoms with E-state index in [4.69, 9.17) is 10.5 Å². The third-order valence-electron chi connectivity index (χ3n) is 3.65. The van der Waals surface area contributed by atoms with Gasteiger partial charge in [0.05, 0.1) is 12.2 Å². The first-order chi connectivity index (χ1) is 8.90. The van der Waals surface area contributed by atoms with Crippen LogP contribution in [0.5, 0.6) is 0 Å². The van der Waals surface area contributed by atoms with Crippen LogP contribution in [0.15, 0.2) is 0 Å². The van der Waals surface area contributed by atoms with Gasteiger partial charge in [-0.1, -0.05) is 6.92 Å². The number of rotatable bonds is 6. The van der Waals surface area contributed by atoms with E-state index in [1.165, 1.54) is 0 Å². The summed E-state index contributed by atoms with van der Waals surface area (Å²) in [4.78, 5) is 14.1. The predicted molar refractivity (Wildman–Crippen MR) is 76.9 cm³/mol. The average molecular weight is 271 g/mol. The van der Waals surface area contributed by atoms with Crippen molar-refractivity contribution in [2.75, 3.05) is 26.2 Å². The summed E-state index contributed by atoms with van der Waals surface area (Å²) in [6.07, 6.45) is 1.57. The van der Waals surface area contributed by atoms with E-state index >= 15 is 0 Å². The van der Waals surface area contributed by atoms with Gasteiger partial charge >= 0.3 is 0 Å².